The highest BCUT2D eigenvalue weighted by molar-refractivity contribution is 5.72. The summed E-state index contributed by atoms with van der Waals surface area (Å²) in [6.45, 7) is 6.41. The highest BCUT2D eigenvalue weighted by Gasteiger charge is 2.19. The molecule has 0 spiro atoms. The van der Waals surface area contributed by atoms with Crippen LogP contribution in [0, 0.1) is 0 Å². The Morgan fingerprint density at radius 2 is 0.600 bits per heavy atom. The molecule has 1 atom stereocenters. The fourth-order valence-electron chi connectivity index (χ4n) is 7.70. The highest BCUT2D eigenvalue weighted by Crippen LogP contribution is 2.14. The van der Waals surface area contributed by atoms with E-state index < -0.39 is 12.1 Å². The number of carbonyl (C=O) groups excluding carboxylic acids is 3. The third-order valence-electron chi connectivity index (χ3n) is 12.0. The summed E-state index contributed by atoms with van der Waals surface area (Å²) >= 11 is 0. The molecule has 0 N–H and O–H groups in total. The second-order valence-electron chi connectivity index (χ2n) is 18.8. The van der Waals surface area contributed by atoms with Gasteiger partial charge in [0, 0.05) is 12.8 Å². The van der Waals surface area contributed by atoms with Crippen molar-refractivity contribution < 1.29 is 28.6 Å². The largest absolute Gasteiger partial charge is 0.462 e. The van der Waals surface area contributed by atoms with Gasteiger partial charge in [0.25, 0.3) is 0 Å². The Hall–Kier alpha value is -3.93. The van der Waals surface area contributed by atoms with E-state index in [0.29, 0.717) is 19.3 Å². The van der Waals surface area contributed by atoms with E-state index in [2.05, 4.69) is 118 Å². The predicted molar refractivity (Wildman–Crippen MR) is 302 cm³/mol. The number of ether oxygens (including phenoxy) is 3. The van der Waals surface area contributed by atoms with Gasteiger partial charge in [0.15, 0.2) is 6.10 Å². The maximum atomic E-state index is 12.8. The van der Waals surface area contributed by atoms with Crippen LogP contribution < -0.4 is 0 Å². The van der Waals surface area contributed by atoms with E-state index in [-0.39, 0.29) is 31.6 Å². The van der Waals surface area contributed by atoms with E-state index in [1.54, 1.807) is 6.08 Å². The number of unbranched alkanes of at least 4 members (excludes halogenated alkanes) is 23. The molecule has 6 nitrogen and oxygen atoms in total. The first kappa shape index (κ1) is 66.1. The molecule has 0 aliphatic rings. The molecule has 1 unspecified atom stereocenters. The van der Waals surface area contributed by atoms with Gasteiger partial charge in [-0.3, -0.25) is 14.4 Å². The van der Waals surface area contributed by atoms with Crippen LogP contribution in [0.25, 0.3) is 0 Å². The van der Waals surface area contributed by atoms with Gasteiger partial charge in [-0.2, -0.15) is 0 Å². The van der Waals surface area contributed by atoms with Crippen molar-refractivity contribution in [3.63, 3.8) is 0 Å². The number of hydrogen-bond donors (Lipinski definition) is 0. The Labute approximate surface area is 431 Å². The molecule has 0 fully saturated rings. The Morgan fingerprint density at radius 1 is 0.314 bits per heavy atom. The minimum atomic E-state index is -0.841. The SMILES string of the molecule is CC/C=C\C/C=C\C/C=C\C/C=C\C/C=C\CC(=O)OC(COC(=O)CCCCCCC/C=C\CCCCCCC)COC(=O)CCCCCCCCCC/C=C\C/C=C\C/C=C\CCCCCCC. The van der Waals surface area contributed by atoms with Crippen LogP contribution >= 0.6 is 0 Å². The topological polar surface area (TPSA) is 78.9 Å². The number of esters is 3. The first-order valence-corrected chi connectivity index (χ1v) is 28.9. The lowest BCUT2D eigenvalue weighted by atomic mass is 10.1. The fourth-order valence-corrected chi connectivity index (χ4v) is 7.70. The molecular formula is C64H106O6. The molecule has 0 amide bonds. The molecule has 0 rings (SSSR count). The van der Waals surface area contributed by atoms with E-state index in [0.717, 1.165) is 96.3 Å². The molecule has 0 aliphatic heterocycles. The zero-order valence-corrected chi connectivity index (χ0v) is 45.5. The van der Waals surface area contributed by atoms with Crippen molar-refractivity contribution in [1.82, 2.24) is 0 Å². The van der Waals surface area contributed by atoms with Crippen LogP contribution in [-0.4, -0.2) is 37.2 Å². The van der Waals surface area contributed by atoms with E-state index in [4.69, 9.17) is 14.2 Å². The maximum absolute atomic E-state index is 12.8. The van der Waals surface area contributed by atoms with Gasteiger partial charge in [0.05, 0.1) is 6.42 Å². The summed E-state index contributed by atoms with van der Waals surface area (Å²) in [6, 6.07) is 0. The summed E-state index contributed by atoms with van der Waals surface area (Å²) in [5.74, 6) is -1.07. The van der Waals surface area contributed by atoms with Crippen LogP contribution in [0.3, 0.4) is 0 Å². The van der Waals surface area contributed by atoms with Gasteiger partial charge in [-0.15, -0.1) is 0 Å². The van der Waals surface area contributed by atoms with E-state index in [1.807, 2.05) is 6.08 Å². The van der Waals surface area contributed by atoms with Crippen molar-refractivity contribution in [1.29, 1.82) is 0 Å². The quantitative estimate of drug-likeness (QED) is 0.0262. The Balaban J connectivity index is 4.46. The third kappa shape index (κ3) is 55.0. The zero-order valence-electron chi connectivity index (χ0n) is 45.5. The lowest BCUT2D eigenvalue weighted by Crippen LogP contribution is -2.30. The minimum absolute atomic E-state index is 0.0907. The average Bonchev–Trinajstić information content (AvgIpc) is 3.36. The molecule has 0 aliphatic carbocycles. The van der Waals surface area contributed by atoms with Gasteiger partial charge >= 0.3 is 17.9 Å². The van der Waals surface area contributed by atoms with Gasteiger partial charge in [-0.25, -0.2) is 0 Å². The first-order valence-electron chi connectivity index (χ1n) is 28.9. The van der Waals surface area contributed by atoms with Gasteiger partial charge in [0.2, 0.25) is 0 Å². The van der Waals surface area contributed by atoms with Gasteiger partial charge < -0.3 is 14.2 Å². The Bertz CT molecular complexity index is 1440. The minimum Gasteiger partial charge on any atom is -0.462 e. The predicted octanol–water partition coefficient (Wildman–Crippen LogP) is 19.5. The van der Waals surface area contributed by atoms with Gasteiger partial charge in [-0.1, -0.05) is 239 Å². The third-order valence-corrected chi connectivity index (χ3v) is 12.0. The van der Waals surface area contributed by atoms with E-state index in [1.165, 1.54) is 116 Å². The van der Waals surface area contributed by atoms with Crippen molar-refractivity contribution in [3.8, 4) is 0 Å². The summed E-state index contributed by atoms with van der Waals surface area (Å²) in [4.78, 5) is 38.1. The lowest BCUT2D eigenvalue weighted by molar-refractivity contribution is -0.166. The highest BCUT2D eigenvalue weighted by atomic mass is 16.6. The smallest absolute Gasteiger partial charge is 0.310 e. The van der Waals surface area contributed by atoms with E-state index >= 15 is 0 Å². The van der Waals surface area contributed by atoms with Crippen molar-refractivity contribution in [2.45, 2.75) is 264 Å². The van der Waals surface area contributed by atoms with Gasteiger partial charge in [0.1, 0.15) is 13.2 Å². The summed E-state index contributed by atoms with van der Waals surface area (Å²) in [6.07, 6.45) is 78.2. The summed E-state index contributed by atoms with van der Waals surface area (Å²) in [5.41, 5.74) is 0. The van der Waals surface area contributed by atoms with Crippen LogP contribution in [0.15, 0.2) is 109 Å². The van der Waals surface area contributed by atoms with Crippen molar-refractivity contribution in [2.24, 2.45) is 0 Å². The molecule has 0 heterocycles. The van der Waals surface area contributed by atoms with Crippen LogP contribution in [0.4, 0.5) is 0 Å². The summed E-state index contributed by atoms with van der Waals surface area (Å²) < 4.78 is 16.7. The standard InChI is InChI=1S/C64H106O6/c1-4-7-10-13-16-19-22-25-28-29-30-31-32-33-34-35-37-39-42-45-48-51-54-57-63(66)69-60-61(59-68-62(65)56-53-50-47-44-41-38-27-24-21-18-15-12-9-6-3)70-64(67)58-55-52-49-46-43-40-36-26-23-20-17-14-11-8-5-2/h8,11,17,20,22,24-27,29-30,32-33,36,43,46,52,55,61H,4-7,9-10,12-16,18-19,21,23,28,31,34-35,37-42,44-45,47-51,53-54,56-60H2,1-3H3/b11-8-,20-17-,25-22-,27-24-,30-29-,33-32-,36-26-,46-43-,55-52-. The number of carbonyl (C=O) groups is 3. The molecule has 70 heavy (non-hydrogen) atoms. The number of hydrogen-bond acceptors (Lipinski definition) is 6. The molecule has 0 aromatic rings. The number of rotatable bonds is 51. The van der Waals surface area contributed by atoms with Crippen LogP contribution in [0.1, 0.15) is 258 Å². The molecule has 0 saturated carbocycles. The van der Waals surface area contributed by atoms with Crippen molar-refractivity contribution >= 4 is 17.9 Å². The van der Waals surface area contributed by atoms with Crippen LogP contribution in [0.5, 0.6) is 0 Å². The average molecular weight is 972 g/mol. The fraction of sp³-hybridized carbons (Fsp3) is 0.672. The molecule has 0 radical (unpaired) electrons. The number of allylic oxidation sites excluding steroid dienone is 17. The first-order chi connectivity index (χ1) is 34.5. The Morgan fingerprint density at radius 3 is 0.957 bits per heavy atom. The van der Waals surface area contributed by atoms with Crippen molar-refractivity contribution in [2.75, 3.05) is 13.2 Å². The van der Waals surface area contributed by atoms with Crippen LogP contribution in [-0.2, 0) is 28.6 Å². The zero-order chi connectivity index (χ0) is 50.7. The molecule has 0 aromatic heterocycles. The summed E-state index contributed by atoms with van der Waals surface area (Å²) in [7, 11) is 0. The molecule has 0 saturated heterocycles. The molecule has 0 aromatic carbocycles. The van der Waals surface area contributed by atoms with Gasteiger partial charge in [-0.05, 0) is 109 Å². The Kier molecular flexibility index (Phi) is 54.4. The lowest BCUT2D eigenvalue weighted by Gasteiger charge is -2.18. The second kappa shape index (κ2) is 57.6. The maximum Gasteiger partial charge on any atom is 0.310 e. The van der Waals surface area contributed by atoms with Crippen LogP contribution in [0.2, 0.25) is 0 Å². The summed E-state index contributed by atoms with van der Waals surface area (Å²) in [5, 5.41) is 0. The molecule has 0 bridgehead atoms. The molecule has 6 heteroatoms. The monoisotopic (exact) mass is 971 g/mol. The van der Waals surface area contributed by atoms with E-state index in [9.17, 15) is 14.4 Å². The van der Waals surface area contributed by atoms with Crippen molar-refractivity contribution in [3.05, 3.63) is 109 Å². The normalized spacial score (nSPS) is 12.9. The second-order valence-corrected chi connectivity index (χ2v) is 18.8. The molecular weight excluding hydrogens is 865 g/mol. The molecule has 398 valence electrons.